The predicted octanol–water partition coefficient (Wildman–Crippen LogP) is 7.06. The van der Waals surface area contributed by atoms with Crippen molar-refractivity contribution in [1.82, 2.24) is 20.0 Å². The average molecular weight is 556 g/mol. The molecular formula is C30H33F4N5O. The topological polar surface area (TPSA) is 53.4 Å². The summed E-state index contributed by atoms with van der Waals surface area (Å²) >= 11 is 0. The molecule has 0 unspecified atom stereocenters. The lowest BCUT2D eigenvalue weighted by Crippen LogP contribution is -2.34. The summed E-state index contributed by atoms with van der Waals surface area (Å²) in [7, 11) is 3.35. The molecule has 6 nitrogen and oxygen atoms in total. The van der Waals surface area contributed by atoms with E-state index in [1.54, 1.807) is 42.1 Å². The van der Waals surface area contributed by atoms with Gasteiger partial charge in [0.2, 0.25) is 5.92 Å². The van der Waals surface area contributed by atoms with Crippen molar-refractivity contribution in [1.29, 1.82) is 0 Å². The van der Waals surface area contributed by atoms with Crippen LogP contribution in [-0.2, 0) is 26.6 Å². The van der Waals surface area contributed by atoms with Gasteiger partial charge in [-0.25, -0.2) is 22.4 Å². The first-order valence-electron chi connectivity index (χ1n) is 13.9. The van der Waals surface area contributed by atoms with Crippen LogP contribution in [0.3, 0.4) is 0 Å². The van der Waals surface area contributed by atoms with E-state index in [0.717, 1.165) is 46.5 Å². The average Bonchev–Trinajstić information content (AvgIpc) is 3.57. The van der Waals surface area contributed by atoms with E-state index in [-0.39, 0.29) is 30.4 Å². The van der Waals surface area contributed by atoms with Gasteiger partial charge < -0.3 is 15.1 Å². The molecule has 212 valence electrons. The fourth-order valence-electron chi connectivity index (χ4n) is 6.56. The van der Waals surface area contributed by atoms with Crippen molar-refractivity contribution < 1.29 is 22.4 Å². The van der Waals surface area contributed by atoms with Crippen LogP contribution in [0.5, 0.6) is 0 Å². The molecule has 3 aromatic rings. The number of amides is 2. The monoisotopic (exact) mass is 555 g/mol. The number of nitrogens with zero attached hydrogens (tertiary/aromatic N) is 4. The first-order valence-corrected chi connectivity index (χ1v) is 13.9. The molecule has 40 heavy (non-hydrogen) atoms. The second kappa shape index (κ2) is 10.1. The Bertz CT molecular complexity index is 1440. The summed E-state index contributed by atoms with van der Waals surface area (Å²) in [5.74, 6) is -2.64. The second-order valence-electron chi connectivity index (χ2n) is 11.2. The molecule has 1 fully saturated rings. The Hall–Kier alpha value is -3.56. The van der Waals surface area contributed by atoms with Crippen molar-refractivity contribution in [3.8, 4) is 11.1 Å². The highest BCUT2D eigenvalue weighted by Crippen LogP contribution is 2.47. The molecule has 1 aromatic heterocycles. The number of benzene rings is 2. The number of aromatic nitrogens is 2. The lowest BCUT2D eigenvalue weighted by Gasteiger charge is -2.35. The van der Waals surface area contributed by atoms with Crippen LogP contribution in [-0.4, -0.2) is 40.2 Å². The van der Waals surface area contributed by atoms with Crippen molar-refractivity contribution in [3.63, 3.8) is 0 Å². The zero-order valence-electron chi connectivity index (χ0n) is 22.7. The maximum atomic E-state index is 14.4. The number of hydrogen-bond acceptors (Lipinski definition) is 3. The summed E-state index contributed by atoms with van der Waals surface area (Å²) in [6.45, 7) is 1.46. The van der Waals surface area contributed by atoms with E-state index in [0.29, 0.717) is 43.6 Å². The van der Waals surface area contributed by atoms with Gasteiger partial charge in [0.25, 0.3) is 6.43 Å². The zero-order chi connectivity index (χ0) is 28.2. The van der Waals surface area contributed by atoms with Gasteiger partial charge >= 0.3 is 6.03 Å². The number of carbonyl (C=O) groups is 1. The van der Waals surface area contributed by atoms with Crippen molar-refractivity contribution >= 4 is 17.4 Å². The number of hydrogen-bond donors (Lipinski definition) is 1. The lowest BCUT2D eigenvalue weighted by atomic mass is 9.81. The number of alkyl halides is 4. The van der Waals surface area contributed by atoms with Crippen molar-refractivity contribution in [2.45, 2.75) is 69.9 Å². The van der Waals surface area contributed by atoms with Crippen LogP contribution in [0, 0.1) is 0 Å². The quantitative estimate of drug-likeness (QED) is 0.351. The molecule has 2 aromatic carbocycles. The zero-order valence-corrected chi connectivity index (χ0v) is 22.7. The maximum Gasteiger partial charge on any atom is 0.317 e. The largest absolute Gasteiger partial charge is 0.341 e. The summed E-state index contributed by atoms with van der Waals surface area (Å²) in [4.78, 5) is 16.4. The predicted molar refractivity (Wildman–Crippen MR) is 145 cm³/mol. The Balaban J connectivity index is 1.45. The van der Waals surface area contributed by atoms with E-state index in [4.69, 9.17) is 0 Å². The summed E-state index contributed by atoms with van der Waals surface area (Å²) < 4.78 is 58.4. The summed E-state index contributed by atoms with van der Waals surface area (Å²) in [5, 5.41) is 6.86. The third-order valence-electron chi connectivity index (χ3n) is 8.65. The van der Waals surface area contributed by atoms with Gasteiger partial charge in [-0.15, -0.1) is 0 Å². The molecule has 6 rings (SSSR count). The first-order chi connectivity index (χ1) is 19.1. The van der Waals surface area contributed by atoms with Gasteiger partial charge in [-0.3, -0.25) is 4.68 Å². The van der Waals surface area contributed by atoms with E-state index in [2.05, 4.69) is 27.4 Å². The van der Waals surface area contributed by atoms with Gasteiger partial charge in [0.05, 0.1) is 12.7 Å². The van der Waals surface area contributed by atoms with Gasteiger partial charge in [0.15, 0.2) is 0 Å². The number of urea groups is 1. The Kier molecular flexibility index (Phi) is 6.74. The molecule has 3 aliphatic rings. The number of halogens is 4. The minimum Gasteiger partial charge on any atom is -0.341 e. The molecule has 3 heterocycles. The molecular weight excluding hydrogens is 522 g/mol. The Labute approximate surface area is 231 Å². The highest BCUT2D eigenvalue weighted by Gasteiger charge is 2.37. The van der Waals surface area contributed by atoms with E-state index in [1.165, 1.54) is 0 Å². The number of nitrogens with one attached hydrogen (secondary N) is 1. The third-order valence-corrected chi connectivity index (χ3v) is 8.65. The molecule has 2 amide bonds. The van der Waals surface area contributed by atoms with Crippen LogP contribution in [0.25, 0.3) is 11.1 Å². The molecule has 0 atom stereocenters. The Morgan fingerprint density at radius 1 is 1.07 bits per heavy atom. The normalized spacial score (nSPS) is 18.7. The van der Waals surface area contributed by atoms with Gasteiger partial charge in [-0.05, 0) is 72.1 Å². The lowest BCUT2D eigenvalue weighted by molar-refractivity contribution is -0.0382. The molecule has 0 bridgehead atoms. The third kappa shape index (κ3) is 4.81. The molecule has 2 aliphatic heterocycles. The Morgan fingerprint density at radius 2 is 1.85 bits per heavy atom. The number of carbonyl (C=O) groups excluding carboxylic acids is 1. The number of aryl methyl sites for hydroxylation is 2. The highest BCUT2D eigenvalue weighted by molar-refractivity contribution is 5.80. The molecule has 1 aliphatic carbocycles. The van der Waals surface area contributed by atoms with Crippen LogP contribution < -0.4 is 10.2 Å². The van der Waals surface area contributed by atoms with Gasteiger partial charge in [-0.1, -0.05) is 6.07 Å². The number of anilines is 2. The maximum absolute atomic E-state index is 14.4. The summed E-state index contributed by atoms with van der Waals surface area (Å²) in [6.07, 6.45) is 2.77. The smallest absolute Gasteiger partial charge is 0.317 e. The van der Waals surface area contributed by atoms with Crippen molar-refractivity contribution in [3.05, 3.63) is 64.5 Å². The van der Waals surface area contributed by atoms with Gasteiger partial charge in [-0.2, -0.15) is 5.10 Å². The minimum atomic E-state index is -2.67. The van der Waals surface area contributed by atoms with Gasteiger partial charge in [0, 0.05) is 74.3 Å². The molecule has 1 N–H and O–H groups in total. The molecule has 0 radical (unpaired) electrons. The van der Waals surface area contributed by atoms with Crippen molar-refractivity contribution in [2.75, 3.05) is 18.5 Å². The van der Waals surface area contributed by atoms with Crippen molar-refractivity contribution in [2.24, 2.45) is 7.05 Å². The van der Waals surface area contributed by atoms with Crippen LogP contribution in [0.4, 0.5) is 33.7 Å². The summed E-state index contributed by atoms with van der Waals surface area (Å²) in [5.41, 5.74) is 6.63. The minimum absolute atomic E-state index is 0.00781. The number of rotatable bonds is 4. The molecule has 1 saturated carbocycles. The van der Waals surface area contributed by atoms with E-state index < -0.39 is 12.3 Å². The first kappa shape index (κ1) is 26.7. The van der Waals surface area contributed by atoms with E-state index in [9.17, 15) is 22.4 Å². The van der Waals surface area contributed by atoms with Crippen LogP contribution in [0.2, 0.25) is 0 Å². The van der Waals surface area contributed by atoms with Crippen LogP contribution >= 0.6 is 0 Å². The van der Waals surface area contributed by atoms with E-state index >= 15 is 0 Å². The van der Waals surface area contributed by atoms with E-state index in [1.807, 2.05) is 6.07 Å². The Morgan fingerprint density at radius 3 is 2.52 bits per heavy atom. The summed E-state index contributed by atoms with van der Waals surface area (Å²) in [6, 6.07) is 7.40. The molecule has 0 saturated heterocycles. The molecule has 10 heteroatoms. The highest BCUT2D eigenvalue weighted by atomic mass is 19.3. The van der Waals surface area contributed by atoms with Gasteiger partial charge in [0.1, 0.15) is 0 Å². The SMILES string of the molecule is CNC(=O)N1Cc2cc(C3CCC(F)(F)CC3)cc(N3CCCc4cc(-c5cnn(C)c5)c(C(F)F)cc43)c2C1. The number of fused-ring (bicyclic) bond motifs is 2. The standard InChI is InChI=1S/C30H33F4N5O/c1-35-29(40)38-16-21-10-20(18-5-7-30(33,34)8-6-18)12-27(25(21)17-38)39-9-3-4-19-11-23(22-14-36-37(2)15-22)24(28(31)32)13-26(19)39/h10-15,18,28H,3-9,16-17H2,1-2H3,(H,35,40). The van der Waals surface area contributed by atoms with Crippen LogP contribution in [0.15, 0.2) is 36.7 Å². The second-order valence-corrected chi connectivity index (χ2v) is 11.2. The van der Waals surface area contributed by atoms with Crippen LogP contribution in [0.1, 0.15) is 72.3 Å². The fraction of sp³-hybridized carbons (Fsp3) is 0.467. The fourth-order valence-corrected chi connectivity index (χ4v) is 6.56. The molecule has 0 spiro atoms.